The Balaban J connectivity index is 2.31. The highest BCUT2D eigenvalue weighted by molar-refractivity contribution is 6.34. The van der Waals surface area contributed by atoms with Crippen LogP contribution >= 0.6 is 11.6 Å². The quantitative estimate of drug-likeness (QED) is 0.497. The lowest BCUT2D eigenvalue weighted by Gasteiger charge is -2.29. The molecule has 0 aliphatic carbocycles. The Labute approximate surface area is 124 Å². The highest BCUT2D eigenvalue weighted by Crippen LogP contribution is 2.31. The van der Waals surface area contributed by atoms with Crippen molar-refractivity contribution in [3.05, 3.63) is 32.8 Å². The second-order valence-corrected chi connectivity index (χ2v) is 4.79. The molecule has 1 saturated heterocycles. The van der Waals surface area contributed by atoms with E-state index in [1.165, 1.54) is 11.0 Å². The van der Waals surface area contributed by atoms with Gasteiger partial charge in [0.25, 0.3) is 11.6 Å². The van der Waals surface area contributed by atoms with Crippen LogP contribution in [-0.2, 0) is 4.74 Å². The normalized spacial score (nSPS) is 18.1. The number of ether oxygens (including phenoxy) is 1. The molecule has 2 N–H and O–H groups in total. The monoisotopic (exact) mass is 310 g/mol. The molecule has 21 heavy (non-hydrogen) atoms. The predicted molar refractivity (Wildman–Crippen MR) is 73.8 cm³/mol. The predicted octanol–water partition coefficient (Wildman–Crippen LogP) is 1.19. The highest BCUT2D eigenvalue weighted by atomic mass is 35.5. The van der Waals surface area contributed by atoms with Gasteiger partial charge < -0.3 is 15.4 Å². The van der Waals surface area contributed by atoms with Crippen LogP contribution in [0.15, 0.2) is 12.1 Å². The van der Waals surface area contributed by atoms with Crippen molar-refractivity contribution in [1.29, 1.82) is 5.26 Å². The number of benzene rings is 1. The van der Waals surface area contributed by atoms with Crippen molar-refractivity contribution in [3.63, 3.8) is 0 Å². The number of morpholine rings is 1. The molecule has 1 aromatic carbocycles. The number of halogens is 1. The molecule has 1 aromatic rings. The van der Waals surface area contributed by atoms with E-state index < -0.39 is 22.6 Å². The standard InChI is InChI=1S/C12H11ClN4O4/c13-9-3-7(4-10(11(9)15)17(19)20)12(18)16-1-2-21-8(5-14)6-16/h3-4,8H,1-2,6,15H2. The van der Waals surface area contributed by atoms with Gasteiger partial charge in [-0.15, -0.1) is 0 Å². The fourth-order valence-electron chi connectivity index (χ4n) is 1.97. The van der Waals surface area contributed by atoms with E-state index in [1.807, 2.05) is 6.07 Å². The van der Waals surface area contributed by atoms with Gasteiger partial charge >= 0.3 is 0 Å². The molecule has 8 nitrogen and oxygen atoms in total. The number of carbonyl (C=O) groups is 1. The van der Waals surface area contributed by atoms with Gasteiger partial charge in [-0.25, -0.2) is 0 Å². The minimum absolute atomic E-state index is 0.0551. The number of hydrogen-bond acceptors (Lipinski definition) is 6. The van der Waals surface area contributed by atoms with Crippen molar-refractivity contribution < 1.29 is 14.5 Å². The first-order chi connectivity index (χ1) is 9.93. The van der Waals surface area contributed by atoms with Crippen LogP contribution < -0.4 is 5.73 Å². The largest absolute Gasteiger partial charge is 0.392 e. The average molecular weight is 311 g/mol. The molecular weight excluding hydrogens is 300 g/mol. The summed E-state index contributed by atoms with van der Waals surface area (Å²) in [5.74, 6) is -0.455. The zero-order chi connectivity index (χ0) is 15.6. The number of carbonyl (C=O) groups excluding carboxylic acids is 1. The molecule has 0 spiro atoms. The Bertz CT molecular complexity index is 643. The molecule has 1 aliphatic heterocycles. The number of nitriles is 1. The van der Waals surface area contributed by atoms with Gasteiger partial charge in [-0.2, -0.15) is 5.26 Å². The van der Waals surface area contributed by atoms with Gasteiger partial charge in [0.05, 0.1) is 29.2 Å². The van der Waals surface area contributed by atoms with E-state index in [-0.39, 0.29) is 29.4 Å². The minimum atomic E-state index is -0.707. The molecule has 2 rings (SSSR count). The fourth-order valence-corrected chi connectivity index (χ4v) is 2.19. The molecule has 1 aliphatic rings. The summed E-state index contributed by atoms with van der Waals surface area (Å²) in [6.45, 7) is 0.632. The first kappa shape index (κ1) is 15.0. The maximum absolute atomic E-state index is 12.3. The zero-order valence-corrected chi connectivity index (χ0v) is 11.5. The fraction of sp³-hybridized carbons (Fsp3) is 0.333. The number of nitro benzene ring substituents is 1. The lowest BCUT2D eigenvalue weighted by Crippen LogP contribution is -2.45. The Morgan fingerprint density at radius 1 is 1.62 bits per heavy atom. The molecule has 0 radical (unpaired) electrons. The molecule has 1 unspecified atom stereocenters. The van der Waals surface area contributed by atoms with Crippen molar-refractivity contribution >= 4 is 28.9 Å². The number of nitrogen functional groups attached to an aromatic ring is 1. The highest BCUT2D eigenvalue weighted by Gasteiger charge is 2.27. The Kier molecular flexibility index (Phi) is 4.26. The summed E-state index contributed by atoms with van der Waals surface area (Å²) < 4.78 is 5.14. The van der Waals surface area contributed by atoms with Gasteiger partial charge in [-0.3, -0.25) is 14.9 Å². The third kappa shape index (κ3) is 3.04. The van der Waals surface area contributed by atoms with E-state index >= 15 is 0 Å². The average Bonchev–Trinajstić information content (AvgIpc) is 2.48. The van der Waals surface area contributed by atoms with E-state index in [1.54, 1.807) is 0 Å². The van der Waals surface area contributed by atoms with Crippen LogP contribution in [0, 0.1) is 21.4 Å². The molecule has 0 bridgehead atoms. The number of nitrogens with zero attached hydrogens (tertiary/aromatic N) is 3. The summed E-state index contributed by atoms with van der Waals surface area (Å²) in [7, 11) is 0. The first-order valence-electron chi connectivity index (χ1n) is 5.98. The lowest BCUT2D eigenvalue weighted by molar-refractivity contribution is -0.383. The second kappa shape index (κ2) is 5.95. The van der Waals surface area contributed by atoms with Crippen LogP contribution in [0.25, 0.3) is 0 Å². The SMILES string of the molecule is N#CC1CN(C(=O)c2cc(Cl)c(N)c([N+](=O)[O-])c2)CCO1. The third-order valence-electron chi connectivity index (χ3n) is 3.05. The van der Waals surface area contributed by atoms with E-state index in [2.05, 4.69) is 0 Å². The smallest absolute Gasteiger partial charge is 0.294 e. The molecule has 110 valence electrons. The number of amides is 1. The summed E-state index contributed by atoms with van der Waals surface area (Å²) in [6.07, 6.45) is -0.707. The number of anilines is 1. The summed E-state index contributed by atoms with van der Waals surface area (Å²) in [5, 5.41) is 19.7. The molecule has 9 heteroatoms. The van der Waals surface area contributed by atoms with Crippen LogP contribution in [0.3, 0.4) is 0 Å². The Hall–Kier alpha value is -2.37. The van der Waals surface area contributed by atoms with Gasteiger partial charge in [0.2, 0.25) is 0 Å². The second-order valence-electron chi connectivity index (χ2n) is 4.39. The van der Waals surface area contributed by atoms with E-state index in [4.69, 9.17) is 27.3 Å². The number of nitrogens with two attached hydrogens (primary N) is 1. The van der Waals surface area contributed by atoms with Crippen molar-refractivity contribution in [1.82, 2.24) is 4.90 Å². The van der Waals surface area contributed by atoms with Gasteiger partial charge in [0.1, 0.15) is 5.69 Å². The lowest BCUT2D eigenvalue weighted by atomic mass is 10.1. The molecule has 1 heterocycles. The topological polar surface area (TPSA) is 122 Å². The van der Waals surface area contributed by atoms with E-state index in [0.717, 1.165) is 6.07 Å². The van der Waals surface area contributed by atoms with Crippen molar-refractivity contribution in [2.45, 2.75) is 6.10 Å². The van der Waals surface area contributed by atoms with Gasteiger partial charge in [-0.05, 0) is 6.07 Å². The first-order valence-corrected chi connectivity index (χ1v) is 6.35. The van der Waals surface area contributed by atoms with Crippen LogP contribution in [0.5, 0.6) is 0 Å². The van der Waals surface area contributed by atoms with Crippen LogP contribution in [0.1, 0.15) is 10.4 Å². The van der Waals surface area contributed by atoms with Gasteiger partial charge in [0.15, 0.2) is 6.10 Å². The van der Waals surface area contributed by atoms with Crippen molar-refractivity contribution in [2.75, 3.05) is 25.4 Å². The molecule has 1 atom stereocenters. The van der Waals surface area contributed by atoms with Gasteiger partial charge in [-0.1, -0.05) is 11.6 Å². The molecular formula is C12H11ClN4O4. The van der Waals surface area contributed by atoms with E-state index in [9.17, 15) is 14.9 Å². The Morgan fingerprint density at radius 2 is 2.33 bits per heavy atom. The molecule has 0 aromatic heterocycles. The number of rotatable bonds is 2. The summed E-state index contributed by atoms with van der Waals surface area (Å²) >= 11 is 5.82. The minimum Gasteiger partial charge on any atom is -0.392 e. The zero-order valence-electron chi connectivity index (χ0n) is 10.8. The van der Waals surface area contributed by atoms with Crippen LogP contribution in [0.2, 0.25) is 5.02 Å². The summed E-state index contributed by atoms with van der Waals surface area (Å²) in [6, 6.07) is 4.28. The molecule has 0 saturated carbocycles. The van der Waals surface area contributed by atoms with Crippen molar-refractivity contribution in [2.24, 2.45) is 0 Å². The van der Waals surface area contributed by atoms with Crippen LogP contribution in [-0.4, -0.2) is 41.5 Å². The van der Waals surface area contributed by atoms with Crippen LogP contribution in [0.4, 0.5) is 11.4 Å². The summed E-state index contributed by atoms with van der Waals surface area (Å²) in [4.78, 5) is 23.9. The third-order valence-corrected chi connectivity index (χ3v) is 3.36. The Morgan fingerprint density at radius 3 is 2.95 bits per heavy atom. The number of hydrogen-bond donors (Lipinski definition) is 1. The van der Waals surface area contributed by atoms with E-state index in [0.29, 0.717) is 6.54 Å². The summed E-state index contributed by atoms with van der Waals surface area (Å²) in [5.41, 5.74) is 4.96. The molecule has 1 amide bonds. The maximum Gasteiger partial charge on any atom is 0.294 e. The number of nitro groups is 1. The van der Waals surface area contributed by atoms with Gasteiger partial charge in [0, 0.05) is 18.2 Å². The molecule has 1 fully saturated rings. The maximum atomic E-state index is 12.3. The van der Waals surface area contributed by atoms with Crippen molar-refractivity contribution in [3.8, 4) is 6.07 Å².